The van der Waals surface area contributed by atoms with Gasteiger partial charge in [0.2, 0.25) is 5.95 Å². The number of urea groups is 1. The first kappa shape index (κ1) is 26.9. The number of nitrogens with two attached hydrogens (primary N) is 1. The quantitative estimate of drug-likeness (QED) is 0.274. The number of aliphatic hydroxyl groups excluding tert-OH is 1. The number of anilines is 2. The Morgan fingerprint density at radius 3 is 2.50 bits per heavy atom. The molecule has 2 aromatic carbocycles. The number of carbonyl (C=O) groups is 1. The van der Waals surface area contributed by atoms with E-state index in [0.29, 0.717) is 36.7 Å². The summed E-state index contributed by atoms with van der Waals surface area (Å²) in [5, 5.41) is 13.7. The number of halogens is 2. The molecule has 6 N–H and O–H groups in total. The number of nitrogens with one attached hydrogen (secondary N) is 3. The second-order valence-electron chi connectivity index (χ2n) is 8.32. The van der Waals surface area contributed by atoms with Gasteiger partial charge in [0.1, 0.15) is 11.6 Å². The van der Waals surface area contributed by atoms with Gasteiger partial charge in [-0.15, -0.1) is 0 Å². The van der Waals surface area contributed by atoms with Crippen molar-refractivity contribution >= 4 is 17.7 Å². The zero-order valence-corrected chi connectivity index (χ0v) is 20.0. The standard InChI is InChI=1S/C25H30F2N6O3/c1-16-12-22(21(27)13-20(16)26)30-25(36)32-24-29-14-19(23(35)31-24)18-6-4-17(5-7-18)15-33(9-2-8-28)10-3-11-34/h4-7,12-14,34H,2-3,8-11,15,28H2,1H3,(H3,29,30,31,32,35,36). The van der Waals surface area contributed by atoms with Crippen LogP contribution in [0.2, 0.25) is 0 Å². The van der Waals surface area contributed by atoms with Crippen molar-refractivity contribution < 1.29 is 18.7 Å². The summed E-state index contributed by atoms with van der Waals surface area (Å²) in [6, 6.07) is 8.46. The molecule has 0 bridgehead atoms. The second kappa shape index (κ2) is 12.9. The number of rotatable bonds is 11. The number of aryl methyl sites for hydroxylation is 1. The summed E-state index contributed by atoms with van der Waals surface area (Å²) in [5.74, 6) is -1.78. The molecule has 0 spiro atoms. The van der Waals surface area contributed by atoms with Crippen LogP contribution in [0.1, 0.15) is 24.0 Å². The maximum Gasteiger partial charge on any atom is 0.326 e. The monoisotopic (exact) mass is 500 g/mol. The molecule has 2 amide bonds. The molecule has 1 aromatic heterocycles. The minimum Gasteiger partial charge on any atom is -0.396 e. The third-order valence-corrected chi connectivity index (χ3v) is 5.51. The van der Waals surface area contributed by atoms with Gasteiger partial charge in [-0.25, -0.2) is 13.6 Å². The Bertz CT molecular complexity index is 1230. The van der Waals surface area contributed by atoms with E-state index >= 15 is 0 Å². The number of benzene rings is 2. The van der Waals surface area contributed by atoms with Crippen LogP contribution in [0, 0.1) is 18.6 Å². The van der Waals surface area contributed by atoms with Crippen molar-refractivity contribution in [3.63, 3.8) is 0 Å². The summed E-state index contributed by atoms with van der Waals surface area (Å²) in [6.07, 6.45) is 2.97. The van der Waals surface area contributed by atoms with Crippen LogP contribution in [0.25, 0.3) is 11.1 Å². The van der Waals surface area contributed by atoms with E-state index in [1.165, 1.54) is 13.1 Å². The summed E-state index contributed by atoms with van der Waals surface area (Å²) < 4.78 is 27.3. The highest BCUT2D eigenvalue weighted by Crippen LogP contribution is 2.20. The van der Waals surface area contributed by atoms with Crippen molar-refractivity contribution in [3.8, 4) is 11.1 Å². The fourth-order valence-electron chi connectivity index (χ4n) is 3.61. The van der Waals surface area contributed by atoms with Gasteiger partial charge in [-0.1, -0.05) is 24.3 Å². The maximum absolute atomic E-state index is 13.9. The first-order chi connectivity index (χ1) is 17.3. The van der Waals surface area contributed by atoms with Gasteiger partial charge >= 0.3 is 6.03 Å². The molecule has 0 aliphatic heterocycles. The van der Waals surface area contributed by atoms with E-state index in [1.807, 2.05) is 24.3 Å². The fraction of sp³-hybridized carbons (Fsp3) is 0.320. The Balaban J connectivity index is 1.65. The molecular formula is C25H30F2N6O3. The van der Waals surface area contributed by atoms with Gasteiger partial charge in [-0.2, -0.15) is 4.98 Å². The topological polar surface area (TPSA) is 136 Å². The van der Waals surface area contributed by atoms with Gasteiger partial charge in [-0.05, 0) is 55.6 Å². The fourth-order valence-corrected chi connectivity index (χ4v) is 3.61. The molecule has 3 aromatic rings. The molecule has 0 radical (unpaired) electrons. The van der Waals surface area contributed by atoms with E-state index in [4.69, 9.17) is 10.8 Å². The molecule has 0 unspecified atom stereocenters. The lowest BCUT2D eigenvalue weighted by Gasteiger charge is -2.22. The van der Waals surface area contributed by atoms with E-state index in [-0.39, 0.29) is 23.8 Å². The molecule has 9 nitrogen and oxygen atoms in total. The van der Waals surface area contributed by atoms with Crippen molar-refractivity contribution in [1.82, 2.24) is 14.9 Å². The summed E-state index contributed by atoms with van der Waals surface area (Å²) >= 11 is 0. The normalized spacial score (nSPS) is 11.1. The molecule has 0 saturated heterocycles. The van der Waals surface area contributed by atoms with Crippen LogP contribution < -0.4 is 21.9 Å². The average molecular weight is 501 g/mol. The Morgan fingerprint density at radius 1 is 1.11 bits per heavy atom. The highest BCUT2D eigenvalue weighted by molar-refractivity contribution is 5.98. The average Bonchev–Trinajstić information content (AvgIpc) is 2.85. The lowest BCUT2D eigenvalue weighted by molar-refractivity contribution is 0.217. The first-order valence-corrected chi connectivity index (χ1v) is 11.6. The van der Waals surface area contributed by atoms with Crippen LogP contribution in [0.4, 0.5) is 25.2 Å². The van der Waals surface area contributed by atoms with Crippen molar-refractivity contribution in [2.75, 3.05) is 36.9 Å². The van der Waals surface area contributed by atoms with E-state index in [1.54, 1.807) is 0 Å². The lowest BCUT2D eigenvalue weighted by atomic mass is 10.1. The number of aromatic amines is 1. The van der Waals surface area contributed by atoms with Crippen LogP contribution >= 0.6 is 0 Å². The molecule has 1 heterocycles. The minimum atomic E-state index is -0.926. The number of nitrogens with zero attached hydrogens (tertiary/aromatic N) is 2. The number of carbonyl (C=O) groups excluding carboxylic acids is 1. The number of aliphatic hydroxyl groups is 1. The molecule has 0 fully saturated rings. The van der Waals surface area contributed by atoms with Gasteiger partial charge < -0.3 is 21.1 Å². The second-order valence-corrected chi connectivity index (χ2v) is 8.32. The number of aromatic nitrogens is 2. The van der Waals surface area contributed by atoms with Crippen molar-refractivity contribution in [1.29, 1.82) is 0 Å². The summed E-state index contributed by atoms with van der Waals surface area (Å²) in [6.45, 7) is 4.45. The van der Waals surface area contributed by atoms with Gasteiger partial charge in [0.25, 0.3) is 5.56 Å². The molecule has 0 aliphatic carbocycles. The Kier molecular flexibility index (Phi) is 9.62. The van der Waals surface area contributed by atoms with E-state index in [0.717, 1.165) is 31.1 Å². The Hall–Kier alpha value is -3.67. The van der Waals surface area contributed by atoms with Crippen molar-refractivity contribution in [2.45, 2.75) is 26.3 Å². The highest BCUT2D eigenvalue weighted by atomic mass is 19.1. The predicted molar refractivity (Wildman–Crippen MR) is 135 cm³/mol. The van der Waals surface area contributed by atoms with Crippen molar-refractivity contribution in [3.05, 3.63) is 75.7 Å². The summed E-state index contributed by atoms with van der Waals surface area (Å²) in [4.78, 5) is 33.6. The zero-order valence-electron chi connectivity index (χ0n) is 20.0. The van der Waals surface area contributed by atoms with E-state index in [9.17, 15) is 18.4 Å². The SMILES string of the molecule is Cc1cc(NC(=O)Nc2nc(=O)c(-c3ccc(CN(CCCN)CCCO)cc3)c[nH]2)c(F)cc1F. The number of hydrogen-bond donors (Lipinski definition) is 5. The van der Waals surface area contributed by atoms with Gasteiger partial charge in [0.15, 0.2) is 0 Å². The van der Waals surface area contributed by atoms with E-state index in [2.05, 4.69) is 25.5 Å². The molecule has 3 rings (SSSR count). The lowest BCUT2D eigenvalue weighted by Crippen LogP contribution is -2.27. The zero-order chi connectivity index (χ0) is 26.1. The first-order valence-electron chi connectivity index (χ1n) is 11.6. The largest absolute Gasteiger partial charge is 0.396 e. The molecule has 0 saturated carbocycles. The Morgan fingerprint density at radius 2 is 1.83 bits per heavy atom. The molecule has 0 aliphatic rings. The Labute approximate surface area is 207 Å². The molecular weight excluding hydrogens is 470 g/mol. The van der Waals surface area contributed by atoms with Crippen molar-refractivity contribution in [2.24, 2.45) is 5.73 Å². The minimum absolute atomic E-state index is 0.128. The number of hydrogen-bond acceptors (Lipinski definition) is 6. The summed E-state index contributed by atoms with van der Waals surface area (Å²) in [7, 11) is 0. The number of H-pyrrole nitrogens is 1. The predicted octanol–water partition coefficient (Wildman–Crippen LogP) is 3.20. The van der Waals surface area contributed by atoms with Gasteiger partial charge in [0, 0.05) is 32.0 Å². The summed E-state index contributed by atoms with van der Waals surface area (Å²) in [5.41, 5.74) is 7.03. The van der Waals surface area contributed by atoms with Gasteiger partial charge in [-0.3, -0.25) is 15.0 Å². The third kappa shape index (κ3) is 7.41. The molecule has 36 heavy (non-hydrogen) atoms. The van der Waals surface area contributed by atoms with E-state index < -0.39 is 23.2 Å². The number of amides is 2. The van der Waals surface area contributed by atoms with Crippen LogP contribution in [-0.2, 0) is 6.54 Å². The van der Waals surface area contributed by atoms with Crippen LogP contribution in [-0.4, -0.2) is 52.2 Å². The van der Waals surface area contributed by atoms with Crippen LogP contribution in [0.15, 0.2) is 47.4 Å². The van der Waals surface area contributed by atoms with Crippen LogP contribution in [0.5, 0.6) is 0 Å². The maximum atomic E-state index is 13.9. The molecule has 11 heteroatoms. The highest BCUT2D eigenvalue weighted by Gasteiger charge is 2.13. The van der Waals surface area contributed by atoms with Gasteiger partial charge in [0.05, 0.1) is 11.3 Å². The van der Waals surface area contributed by atoms with Crippen LogP contribution in [0.3, 0.4) is 0 Å². The molecule has 192 valence electrons. The third-order valence-electron chi connectivity index (χ3n) is 5.51. The smallest absolute Gasteiger partial charge is 0.326 e. The molecule has 0 atom stereocenters.